The van der Waals surface area contributed by atoms with Gasteiger partial charge < -0.3 is 9.64 Å². The van der Waals surface area contributed by atoms with Crippen LogP contribution >= 0.6 is 0 Å². The molecule has 1 aliphatic heterocycles. The molecule has 4 heteroatoms. The number of para-hydroxylation sites is 1. The van der Waals surface area contributed by atoms with E-state index in [0.717, 1.165) is 31.7 Å². The number of ether oxygens (including phenoxy) is 1. The number of hydrogen-bond donors (Lipinski definition) is 2. The van der Waals surface area contributed by atoms with Crippen molar-refractivity contribution in [2.75, 3.05) is 27.2 Å². The molecule has 17 heavy (non-hydrogen) atoms. The molecular weight excluding hydrogens is 214 g/mol. The largest absolute Gasteiger partial charge is 0.493 e. The minimum atomic E-state index is 0.109. The zero-order valence-electron chi connectivity index (χ0n) is 10.6. The van der Waals surface area contributed by atoms with Gasteiger partial charge in [0, 0.05) is 12.1 Å². The second-order valence-electron chi connectivity index (χ2n) is 4.77. The number of benzene rings is 1. The lowest BCUT2D eigenvalue weighted by Crippen LogP contribution is -2.36. The average Bonchev–Trinajstić information content (AvgIpc) is 2.35. The van der Waals surface area contributed by atoms with Gasteiger partial charge in [0.05, 0.1) is 12.6 Å². The molecule has 1 aromatic carbocycles. The Balaban J connectivity index is 2.29. The van der Waals surface area contributed by atoms with Crippen LogP contribution in [0.4, 0.5) is 0 Å². The second-order valence-corrected chi connectivity index (χ2v) is 4.77. The molecular formula is C13H21N3O. The normalized spacial score (nSPS) is 16.5. The second kappa shape index (κ2) is 5.49. The van der Waals surface area contributed by atoms with Gasteiger partial charge in [-0.3, -0.25) is 11.3 Å². The van der Waals surface area contributed by atoms with Gasteiger partial charge in [-0.25, -0.2) is 0 Å². The van der Waals surface area contributed by atoms with Crippen molar-refractivity contribution in [1.82, 2.24) is 10.3 Å². The van der Waals surface area contributed by atoms with Gasteiger partial charge in [-0.2, -0.15) is 0 Å². The highest BCUT2D eigenvalue weighted by molar-refractivity contribution is 5.44. The molecule has 3 N–H and O–H groups in total. The Morgan fingerprint density at radius 2 is 2.29 bits per heavy atom. The Bertz CT molecular complexity index is 379. The standard InChI is InChI=1S/C13H21N3O/c1-16(2)9-12(15-14)11-7-3-5-10-6-4-8-17-13(10)11/h3,5,7,12,15H,4,6,8-9,14H2,1-2H3. The van der Waals surface area contributed by atoms with E-state index in [1.54, 1.807) is 0 Å². The van der Waals surface area contributed by atoms with Crippen LogP contribution in [-0.2, 0) is 6.42 Å². The summed E-state index contributed by atoms with van der Waals surface area (Å²) in [5.41, 5.74) is 5.34. The summed E-state index contributed by atoms with van der Waals surface area (Å²) in [5.74, 6) is 6.69. The fourth-order valence-corrected chi connectivity index (χ4v) is 2.29. The van der Waals surface area contributed by atoms with Crippen LogP contribution < -0.4 is 16.0 Å². The molecule has 1 heterocycles. The molecule has 0 radical (unpaired) electrons. The van der Waals surface area contributed by atoms with E-state index in [1.165, 1.54) is 11.1 Å². The first-order chi connectivity index (χ1) is 8.22. The van der Waals surface area contributed by atoms with E-state index in [2.05, 4.69) is 28.5 Å². The summed E-state index contributed by atoms with van der Waals surface area (Å²) in [6.07, 6.45) is 2.20. The quantitative estimate of drug-likeness (QED) is 0.605. The van der Waals surface area contributed by atoms with Crippen molar-refractivity contribution < 1.29 is 4.74 Å². The number of likely N-dealkylation sites (N-methyl/N-ethyl adjacent to an activating group) is 1. The molecule has 1 aromatic rings. The number of hydrogen-bond acceptors (Lipinski definition) is 4. The molecule has 1 aliphatic rings. The molecule has 1 unspecified atom stereocenters. The Morgan fingerprint density at radius 3 is 3.00 bits per heavy atom. The SMILES string of the molecule is CN(C)CC(NN)c1cccc2c1OCCC2. The van der Waals surface area contributed by atoms with Crippen LogP contribution in [0, 0.1) is 0 Å². The Labute approximate surface area is 103 Å². The first-order valence-corrected chi connectivity index (χ1v) is 6.08. The minimum absolute atomic E-state index is 0.109. The van der Waals surface area contributed by atoms with E-state index in [0.29, 0.717) is 0 Å². The summed E-state index contributed by atoms with van der Waals surface area (Å²) < 4.78 is 5.80. The third kappa shape index (κ3) is 2.77. The maximum Gasteiger partial charge on any atom is 0.127 e. The summed E-state index contributed by atoms with van der Waals surface area (Å²) in [4.78, 5) is 2.12. The van der Waals surface area contributed by atoms with E-state index in [1.807, 2.05) is 14.1 Å². The van der Waals surface area contributed by atoms with Gasteiger partial charge in [0.2, 0.25) is 0 Å². The molecule has 0 aliphatic carbocycles. The van der Waals surface area contributed by atoms with E-state index in [-0.39, 0.29) is 6.04 Å². The van der Waals surface area contributed by atoms with Gasteiger partial charge in [0.15, 0.2) is 0 Å². The van der Waals surface area contributed by atoms with Crippen molar-refractivity contribution in [2.45, 2.75) is 18.9 Å². The van der Waals surface area contributed by atoms with Crippen molar-refractivity contribution in [3.63, 3.8) is 0 Å². The van der Waals surface area contributed by atoms with Crippen LogP contribution in [-0.4, -0.2) is 32.1 Å². The molecule has 0 fully saturated rings. The Hall–Kier alpha value is -1.10. The van der Waals surface area contributed by atoms with Gasteiger partial charge in [-0.1, -0.05) is 18.2 Å². The first-order valence-electron chi connectivity index (χ1n) is 6.08. The predicted molar refractivity (Wildman–Crippen MR) is 68.9 cm³/mol. The number of nitrogens with one attached hydrogen (secondary N) is 1. The van der Waals surface area contributed by atoms with Crippen LogP contribution in [0.2, 0.25) is 0 Å². The van der Waals surface area contributed by atoms with Crippen molar-refractivity contribution in [1.29, 1.82) is 0 Å². The number of nitrogens with zero attached hydrogens (tertiary/aromatic N) is 1. The molecule has 2 rings (SSSR count). The topological polar surface area (TPSA) is 50.5 Å². The smallest absolute Gasteiger partial charge is 0.127 e. The summed E-state index contributed by atoms with van der Waals surface area (Å²) in [6.45, 7) is 1.67. The third-order valence-electron chi connectivity index (χ3n) is 3.09. The van der Waals surface area contributed by atoms with Crippen LogP contribution in [0.1, 0.15) is 23.6 Å². The molecule has 0 saturated heterocycles. The van der Waals surface area contributed by atoms with Gasteiger partial charge in [-0.15, -0.1) is 0 Å². The lowest BCUT2D eigenvalue weighted by atomic mass is 9.98. The van der Waals surface area contributed by atoms with Crippen LogP contribution in [0.15, 0.2) is 18.2 Å². The molecule has 1 atom stereocenters. The highest BCUT2D eigenvalue weighted by atomic mass is 16.5. The predicted octanol–water partition coefficient (Wildman–Crippen LogP) is 1.08. The summed E-state index contributed by atoms with van der Waals surface area (Å²) in [5, 5.41) is 0. The zero-order valence-corrected chi connectivity index (χ0v) is 10.6. The van der Waals surface area contributed by atoms with Gasteiger partial charge in [-0.05, 0) is 32.5 Å². The molecule has 0 bridgehead atoms. The van der Waals surface area contributed by atoms with E-state index in [9.17, 15) is 0 Å². The molecule has 0 aromatic heterocycles. The fraction of sp³-hybridized carbons (Fsp3) is 0.538. The third-order valence-corrected chi connectivity index (χ3v) is 3.09. The molecule has 0 spiro atoms. The summed E-state index contributed by atoms with van der Waals surface area (Å²) >= 11 is 0. The number of fused-ring (bicyclic) bond motifs is 1. The lowest BCUT2D eigenvalue weighted by Gasteiger charge is -2.26. The molecule has 0 amide bonds. The summed E-state index contributed by atoms with van der Waals surface area (Å²) in [7, 11) is 4.08. The van der Waals surface area contributed by atoms with Crippen LogP contribution in [0.5, 0.6) is 5.75 Å². The van der Waals surface area contributed by atoms with Gasteiger partial charge in [0.1, 0.15) is 5.75 Å². The minimum Gasteiger partial charge on any atom is -0.493 e. The maximum absolute atomic E-state index is 5.80. The van der Waals surface area contributed by atoms with E-state index in [4.69, 9.17) is 10.6 Å². The van der Waals surface area contributed by atoms with Gasteiger partial charge in [0.25, 0.3) is 0 Å². The Morgan fingerprint density at radius 1 is 1.47 bits per heavy atom. The number of hydrazine groups is 1. The van der Waals surface area contributed by atoms with E-state index < -0.39 is 0 Å². The molecule has 94 valence electrons. The first kappa shape index (κ1) is 12.4. The Kier molecular flexibility index (Phi) is 3.99. The van der Waals surface area contributed by atoms with Crippen molar-refractivity contribution in [2.24, 2.45) is 5.84 Å². The molecule has 4 nitrogen and oxygen atoms in total. The maximum atomic E-state index is 5.80. The number of rotatable bonds is 4. The number of nitrogens with two attached hydrogens (primary N) is 1. The fourth-order valence-electron chi connectivity index (χ4n) is 2.29. The van der Waals surface area contributed by atoms with Crippen molar-refractivity contribution in [3.05, 3.63) is 29.3 Å². The summed E-state index contributed by atoms with van der Waals surface area (Å²) in [6, 6.07) is 6.43. The highest BCUT2D eigenvalue weighted by Crippen LogP contribution is 2.32. The van der Waals surface area contributed by atoms with E-state index >= 15 is 0 Å². The van der Waals surface area contributed by atoms with Crippen LogP contribution in [0.3, 0.4) is 0 Å². The molecule has 0 saturated carbocycles. The van der Waals surface area contributed by atoms with Crippen molar-refractivity contribution >= 4 is 0 Å². The average molecular weight is 235 g/mol. The van der Waals surface area contributed by atoms with Crippen LogP contribution in [0.25, 0.3) is 0 Å². The monoisotopic (exact) mass is 235 g/mol. The highest BCUT2D eigenvalue weighted by Gasteiger charge is 2.20. The van der Waals surface area contributed by atoms with Crippen molar-refractivity contribution in [3.8, 4) is 5.75 Å². The van der Waals surface area contributed by atoms with Gasteiger partial charge >= 0.3 is 0 Å². The lowest BCUT2D eigenvalue weighted by molar-refractivity contribution is 0.275. The number of aryl methyl sites for hydroxylation is 1. The zero-order chi connectivity index (χ0) is 12.3.